The van der Waals surface area contributed by atoms with E-state index in [0.29, 0.717) is 19.5 Å². The van der Waals surface area contributed by atoms with Crippen LogP contribution in [0.3, 0.4) is 0 Å². The molecule has 4 rings (SSSR count). The minimum Gasteiger partial charge on any atom is -0.369 e. The second-order valence-electron chi connectivity index (χ2n) is 5.77. The number of rotatable bonds is 2. The van der Waals surface area contributed by atoms with Crippen molar-refractivity contribution in [2.45, 2.75) is 18.6 Å². The van der Waals surface area contributed by atoms with Gasteiger partial charge in [0.15, 0.2) is 0 Å². The van der Waals surface area contributed by atoms with E-state index >= 15 is 0 Å². The standard InChI is InChI=1S/C16H17FN6/c17-11-3-6-23(8-12(11)18)14-2-5-20-16-15(14)10(7-21-16)13-1-4-19-9-22-13/h1-2,4-5,7,9,11-12H,3,6,8,18H2,(H,20,21). The molecule has 0 aromatic carbocycles. The average molecular weight is 312 g/mol. The molecule has 3 aromatic rings. The van der Waals surface area contributed by atoms with E-state index in [1.165, 1.54) is 6.33 Å². The van der Waals surface area contributed by atoms with Gasteiger partial charge >= 0.3 is 0 Å². The summed E-state index contributed by atoms with van der Waals surface area (Å²) in [5.74, 6) is 0. The quantitative estimate of drug-likeness (QED) is 0.755. The first-order chi connectivity index (χ1) is 11.2. The molecule has 6 nitrogen and oxygen atoms in total. The van der Waals surface area contributed by atoms with Crippen LogP contribution in [0.1, 0.15) is 6.42 Å². The Morgan fingerprint density at radius 1 is 1.26 bits per heavy atom. The van der Waals surface area contributed by atoms with Gasteiger partial charge in [-0.2, -0.15) is 0 Å². The predicted octanol–water partition coefficient (Wildman–Crippen LogP) is 1.90. The zero-order chi connectivity index (χ0) is 15.8. The average Bonchev–Trinajstić information content (AvgIpc) is 3.02. The summed E-state index contributed by atoms with van der Waals surface area (Å²) in [7, 11) is 0. The summed E-state index contributed by atoms with van der Waals surface area (Å²) in [4.78, 5) is 18.0. The van der Waals surface area contributed by atoms with Crippen LogP contribution >= 0.6 is 0 Å². The van der Waals surface area contributed by atoms with Crippen LogP contribution in [0.2, 0.25) is 0 Å². The van der Waals surface area contributed by atoms with E-state index < -0.39 is 12.2 Å². The fourth-order valence-electron chi connectivity index (χ4n) is 3.13. The Bertz CT molecular complexity index is 818. The molecule has 1 aliphatic heterocycles. The molecule has 1 fully saturated rings. The number of nitrogens with one attached hydrogen (secondary N) is 1. The monoisotopic (exact) mass is 312 g/mol. The lowest BCUT2D eigenvalue weighted by Crippen LogP contribution is -2.49. The predicted molar refractivity (Wildman–Crippen MR) is 86.8 cm³/mol. The van der Waals surface area contributed by atoms with E-state index in [0.717, 1.165) is 28.0 Å². The van der Waals surface area contributed by atoms with Gasteiger partial charge in [0.05, 0.1) is 22.8 Å². The van der Waals surface area contributed by atoms with Crippen LogP contribution in [0.5, 0.6) is 0 Å². The first-order valence-electron chi connectivity index (χ1n) is 7.61. The molecule has 0 saturated carbocycles. The Morgan fingerprint density at radius 2 is 2.17 bits per heavy atom. The van der Waals surface area contributed by atoms with Gasteiger partial charge in [-0.1, -0.05) is 0 Å². The molecule has 4 heterocycles. The third-order valence-electron chi connectivity index (χ3n) is 4.32. The van der Waals surface area contributed by atoms with Crippen molar-refractivity contribution in [3.05, 3.63) is 37.1 Å². The SMILES string of the molecule is NC1CN(c2ccnc3[nH]cc(-c4ccncn4)c23)CCC1F. The summed E-state index contributed by atoms with van der Waals surface area (Å²) in [6.07, 6.45) is 6.39. The van der Waals surface area contributed by atoms with Crippen molar-refractivity contribution in [1.29, 1.82) is 0 Å². The normalized spacial score (nSPS) is 21.7. The van der Waals surface area contributed by atoms with Crippen LogP contribution in [0.15, 0.2) is 37.1 Å². The number of aromatic amines is 1. The van der Waals surface area contributed by atoms with Crippen LogP contribution < -0.4 is 10.6 Å². The van der Waals surface area contributed by atoms with Crippen molar-refractivity contribution in [3.63, 3.8) is 0 Å². The molecule has 1 saturated heterocycles. The maximum Gasteiger partial charge on any atom is 0.140 e. The summed E-state index contributed by atoms with van der Waals surface area (Å²) >= 11 is 0. The van der Waals surface area contributed by atoms with Crippen LogP contribution in [0.4, 0.5) is 10.1 Å². The summed E-state index contributed by atoms with van der Waals surface area (Å²) in [5.41, 5.74) is 9.49. The number of anilines is 1. The summed E-state index contributed by atoms with van der Waals surface area (Å²) in [5, 5.41) is 0.982. The molecule has 0 radical (unpaired) electrons. The van der Waals surface area contributed by atoms with Gasteiger partial charge in [-0.05, 0) is 18.6 Å². The van der Waals surface area contributed by atoms with Gasteiger partial charge in [0, 0.05) is 37.2 Å². The molecule has 3 N–H and O–H groups in total. The van der Waals surface area contributed by atoms with E-state index in [1.54, 1.807) is 12.4 Å². The number of fused-ring (bicyclic) bond motifs is 1. The number of hydrogen-bond acceptors (Lipinski definition) is 5. The van der Waals surface area contributed by atoms with Gasteiger partial charge < -0.3 is 15.6 Å². The Hall–Kier alpha value is -2.54. The molecule has 118 valence electrons. The summed E-state index contributed by atoms with van der Waals surface area (Å²) in [6.45, 7) is 1.14. The van der Waals surface area contributed by atoms with Crippen LogP contribution in [0.25, 0.3) is 22.3 Å². The van der Waals surface area contributed by atoms with Crippen molar-refractivity contribution in [2.75, 3.05) is 18.0 Å². The van der Waals surface area contributed by atoms with Gasteiger partial charge in [-0.25, -0.2) is 19.3 Å². The lowest BCUT2D eigenvalue weighted by molar-refractivity contribution is 0.245. The Balaban J connectivity index is 1.83. The molecule has 2 unspecified atom stereocenters. The summed E-state index contributed by atoms with van der Waals surface area (Å²) < 4.78 is 13.7. The van der Waals surface area contributed by atoms with Crippen molar-refractivity contribution in [1.82, 2.24) is 19.9 Å². The molecular formula is C16H17FN6. The number of pyridine rings is 1. The van der Waals surface area contributed by atoms with E-state index in [4.69, 9.17) is 5.73 Å². The molecule has 23 heavy (non-hydrogen) atoms. The third-order valence-corrected chi connectivity index (χ3v) is 4.32. The number of nitrogens with zero attached hydrogens (tertiary/aromatic N) is 4. The lowest BCUT2D eigenvalue weighted by atomic mass is 10.0. The number of nitrogens with two attached hydrogens (primary N) is 1. The zero-order valence-electron chi connectivity index (χ0n) is 12.5. The van der Waals surface area contributed by atoms with E-state index in [9.17, 15) is 4.39 Å². The largest absolute Gasteiger partial charge is 0.369 e. The second-order valence-corrected chi connectivity index (χ2v) is 5.77. The van der Waals surface area contributed by atoms with Crippen molar-refractivity contribution in [3.8, 4) is 11.3 Å². The molecule has 7 heteroatoms. The first kappa shape index (κ1) is 14.1. The maximum absolute atomic E-state index is 13.7. The highest BCUT2D eigenvalue weighted by Gasteiger charge is 2.28. The van der Waals surface area contributed by atoms with Gasteiger partial charge in [0.2, 0.25) is 0 Å². The highest BCUT2D eigenvalue weighted by Crippen LogP contribution is 2.35. The van der Waals surface area contributed by atoms with Gasteiger partial charge in [0.1, 0.15) is 18.1 Å². The molecular weight excluding hydrogens is 295 g/mol. The van der Waals surface area contributed by atoms with Crippen LogP contribution in [-0.2, 0) is 0 Å². The number of alkyl halides is 1. The molecule has 2 atom stereocenters. The molecule has 0 amide bonds. The topological polar surface area (TPSA) is 83.7 Å². The molecule has 0 aliphatic carbocycles. The minimum atomic E-state index is -0.934. The number of H-pyrrole nitrogens is 1. The van der Waals surface area contributed by atoms with Gasteiger partial charge in [-0.15, -0.1) is 0 Å². The summed E-state index contributed by atoms with van der Waals surface area (Å²) in [6, 6.07) is 3.35. The Morgan fingerprint density at radius 3 is 2.96 bits per heavy atom. The number of halogens is 1. The van der Waals surface area contributed by atoms with E-state index in [1.807, 2.05) is 18.3 Å². The molecule has 0 bridgehead atoms. The van der Waals surface area contributed by atoms with E-state index in [2.05, 4.69) is 24.8 Å². The van der Waals surface area contributed by atoms with Gasteiger partial charge in [-0.3, -0.25) is 0 Å². The number of piperidine rings is 1. The fourth-order valence-corrected chi connectivity index (χ4v) is 3.13. The third kappa shape index (κ3) is 2.43. The maximum atomic E-state index is 13.7. The van der Waals surface area contributed by atoms with Gasteiger partial charge in [0.25, 0.3) is 0 Å². The number of aromatic nitrogens is 4. The highest BCUT2D eigenvalue weighted by molar-refractivity contribution is 6.01. The Labute approximate surface area is 132 Å². The highest BCUT2D eigenvalue weighted by atomic mass is 19.1. The van der Waals surface area contributed by atoms with Crippen molar-refractivity contribution >= 4 is 16.7 Å². The van der Waals surface area contributed by atoms with E-state index in [-0.39, 0.29) is 0 Å². The zero-order valence-corrected chi connectivity index (χ0v) is 12.5. The smallest absolute Gasteiger partial charge is 0.140 e. The van der Waals surface area contributed by atoms with Crippen LogP contribution in [0, 0.1) is 0 Å². The molecule has 1 aliphatic rings. The second kappa shape index (κ2) is 5.58. The first-order valence-corrected chi connectivity index (χ1v) is 7.61. The fraction of sp³-hybridized carbons (Fsp3) is 0.312. The van der Waals surface area contributed by atoms with Crippen molar-refractivity contribution in [2.24, 2.45) is 5.73 Å². The molecule has 3 aromatic heterocycles. The van der Waals surface area contributed by atoms with Crippen molar-refractivity contribution < 1.29 is 4.39 Å². The van der Waals surface area contributed by atoms with Crippen LogP contribution in [-0.4, -0.2) is 45.2 Å². The Kier molecular flexibility index (Phi) is 3.42. The minimum absolute atomic E-state index is 0.443. The number of hydrogen-bond donors (Lipinski definition) is 2. The molecule has 0 spiro atoms. The lowest BCUT2D eigenvalue weighted by Gasteiger charge is -2.35.